The zero-order valence-corrected chi connectivity index (χ0v) is 14.2. The first kappa shape index (κ1) is 15.5. The van der Waals surface area contributed by atoms with Crippen molar-refractivity contribution in [2.24, 2.45) is 0 Å². The monoisotopic (exact) mass is 304 g/mol. The van der Waals surface area contributed by atoms with Gasteiger partial charge < -0.3 is 4.57 Å². The maximum atomic E-state index is 4.57. The second kappa shape index (κ2) is 6.82. The average molecular weight is 304 g/mol. The van der Waals surface area contributed by atoms with Crippen molar-refractivity contribution in [3.63, 3.8) is 0 Å². The van der Waals surface area contributed by atoms with E-state index in [1.54, 1.807) is 0 Å². The molecule has 0 bridgehead atoms. The molecule has 1 heterocycles. The number of nitrogens with zero attached hydrogens (tertiary/aromatic N) is 2. The van der Waals surface area contributed by atoms with Crippen LogP contribution in [0.25, 0.3) is 0 Å². The molecular formula is C21H24N2. The van der Waals surface area contributed by atoms with Crippen LogP contribution in [0.4, 0.5) is 0 Å². The van der Waals surface area contributed by atoms with E-state index in [0.29, 0.717) is 0 Å². The number of aryl methyl sites for hydroxylation is 4. The lowest BCUT2D eigenvalue weighted by Crippen LogP contribution is -1.98. The molecule has 23 heavy (non-hydrogen) atoms. The molecule has 118 valence electrons. The molecule has 0 atom stereocenters. The molecule has 3 rings (SSSR count). The van der Waals surface area contributed by atoms with E-state index in [9.17, 15) is 0 Å². The first-order valence-corrected chi connectivity index (χ1v) is 8.23. The topological polar surface area (TPSA) is 17.8 Å². The van der Waals surface area contributed by atoms with E-state index in [1.165, 1.54) is 33.5 Å². The van der Waals surface area contributed by atoms with E-state index >= 15 is 0 Å². The van der Waals surface area contributed by atoms with Crippen LogP contribution in [0.2, 0.25) is 0 Å². The van der Waals surface area contributed by atoms with Crippen molar-refractivity contribution >= 4 is 0 Å². The van der Waals surface area contributed by atoms with Crippen molar-refractivity contribution < 1.29 is 0 Å². The predicted octanol–water partition coefficient (Wildman–Crippen LogP) is 4.64. The lowest BCUT2D eigenvalue weighted by Gasteiger charge is -2.08. The Hall–Kier alpha value is -2.35. The SMILES string of the molecule is Cc1ccc(Cn2cnc(CCc3c(C)cccc3C)c2)cc1. The first-order valence-electron chi connectivity index (χ1n) is 8.23. The molecule has 2 aromatic carbocycles. The number of hydrogen-bond acceptors (Lipinski definition) is 1. The molecule has 2 nitrogen and oxygen atoms in total. The summed E-state index contributed by atoms with van der Waals surface area (Å²) >= 11 is 0. The quantitative estimate of drug-likeness (QED) is 0.671. The average Bonchev–Trinajstić information content (AvgIpc) is 2.97. The zero-order valence-electron chi connectivity index (χ0n) is 14.2. The molecule has 0 fully saturated rings. The standard InChI is InChI=1S/C21H24N2/c1-16-7-9-19(10-8-16)13-23-14-20(22-15-23)11-12-21-17(2)5-4-6-18(21)3/h4-10,14-15H,11-13H2,1-3H3. The fraction of sp³-hybridized carbons (Fsp3) is 0.286. The van der Waals surface area contributed by atoms with Crippen LogP contribution < -0.4 is 0 Å². The summed E-state index contributed by atoms with van der Waals surface area (Å²) in [7, 11) is 0. The van der Waals surface area contributed by atoms with Crippen LogP contribution in [-0.2, 0) is 19.4 Å². The molecule has 0 aliphatic heterocycles. The van der Waals surface area contributed by atoms with Crippen LogP contribution in [0.1, 0.15) is 33.5 Å². The Morgan fingerprint density at radius 3 is 2.26 bits per heavy atom. The van der Waals surface area contributed by atoms with Crippen LogP contribution in [-0.4, -0.2) is 9.55 Å². The molecule has 0 N–H and O–H groups in total. The Morgan fingerprint density at radius 1 is 0.870 bits per heavy atom. The van der Waals surface area contributed by atoms with Crippen LogP contribution in [0.15, 0.2) is 55.0 Å². The molecule has 1 aromatic heterocycles. The molecule has 0 aliphatic rings. The van der Waals surface area contributed by atoms with E-state index in [1.807, 2.05) is 6.33 Å². The van der Waals surface area contributed by atoms with Crippen molar-refractivity contribution in [1.29, 1.82) is 0 Å². The van der Waals surface area contributed by atoms with Gasteiger partial charge in [0.15, 0.2) is 0 Å². The highest BCUT2D eigenvalue weighted by Crippen LogP contribution is 2.16. The molecule has 3 aromatic rings. The fourth-order valence-corrected chi connectivity index (χ4v) is 3.02. The summed E-state index contributed by atoms with van der Waals surface area (Å²) in [4.78, 5) is 4.57. The van der Waals surface area contributed by atoms with E-state index in [4.69, 9.17) is 0 Å². The van der Waals surface area contributed by atoms with E-state index in [2.05, 4.69) is 79.0 Å². The van der Waals surface area contributed by atoms with E-state index in [-0.39, 0.29) is 0 Å². The van der Waals surface area contributed by atoms with Crippen LogP contribution in [0.5, 0.6) is 0 Å². The van der Waals surface area contributed by atoms with Crippen molar-refractivity contribution in [1.82, 2.24) is 9.55 Å². The van der Waals surface area contributed by atoms with Gasteiger partial charge in [-0.2, -0.15) is 0 Å². The van der Waals surface area contributed by atoms with Crippen LogP contribution >= 0.6 is 0 Å². The van der Waals surface area contributed by atoms with Crippen molar-refractivity contribution in [2.45, 2.75) is 40.2 Å². The summed E-state index contributed by atoms with van der Waals surface area (Å²) in [6.45, 7) is 7.39. The summed E-state index contributed by atoms with van der Waals surface area (Å²) in [5.41, 5.74) is 8.00. The van der Waals surface area contributed by atoms with Gasteiger partial charge in [0.05, 0.1) is 12.0 Å². The smallest absolute Gasteiger partial charge is 0.0952 e. The predicted molar refractivity (Wildman–Crippen MR) is 95.8 cm³/mol. The number of benzene rings is 2. The van der Waals surface area contributed by atoms with Gasteiger partial charge in [-0.05, 0) is 55.9 Å². The zero-order chi connectivity index (χ0) is 16.2. The third-order valence-electron chi connectivity index (χ3n) is 4.45. The third-order valence-corrected chi connectivity index (χ3v) is 4.45. The molecule has 0 saturated carbocycles. The Bertz CT molecular complexity index is 762. The van der Waals surface area contributed by atoms with Crippen molar-refractivity contribution in [3.05, 3.63) is 88.5 Å². The first-order chi connectivity index (χ1) is 11.1. The lowest BCUT2D eigenvalue weighted by atomic mass is 9.98. The molecule has 0 amide bonds. The third kappa shape index (κ3) is 3.89. The van der Waals surface area contributed by atoms with Crippen molar-refractivity contribution in [2.75, 3.05) is 0 Å². The maximum absolute atomic E-state index is 4.57. The van der Waals surface area contributed by atoms with Gasteiger partial charge in [-0.1, -0.05) is 48.0 Å². The number of aromatic nitrogens is 2. The van der Waals surface area contributed by atoms with Gasteiger partial charge in [-0.3, -0.25) is 0 Å². The number of imidazole rings is 1. The largest absolute Gasteiger partial charge is 0.333 e. The Morgan fingerprint density at radius 2 is 1.57 bits per heavy atom. The highest BCUT2D eigenvalue weighted by molar-refractivity contribution is 5.34. The fourth-order valence-electron chi connectivity index (χ4n) is 3.02. The van der Waals surface area contributed by atoms with Crippen molar-refractivity contribution in [3.8, 4) is 0 Å². The second-order valence-electron chi connectivity index (χ2n) is 6.39. The number of rotatable bonds is 5. The van der Waals surface area contributed by atoms with Crippen LogP contribution in [0.3, 0.4) is 0 Å². The van der Waals surface area contributed by atoms with Gasteiger partial charge in [-0.25, -0.2) is 4.98 Å². The van der Waals surface area contributed by atoms with Gasteiger partial charge in [0.2, 0.25) is 0 Å². The lowest BCUT2D eigenvalue weighted by molar-refractivity contribution is 0.795. The summed E-state index contributed by atoms with van der Waals surface area (Å²) < 4.78 is 2.17. The molecule has 2 heteroatoms. The van der Waals surface area contributed by atoms with E-state index in [0.717, 1.165) is 19.4 Å². The summed E-state index contributed by atoms with van der Waals surface area (Å²) in [5.74, 6) is 0. The molecule has 0 aliphatic carbocycles. The molecular weight excluding hydrogens is 280 g/mol. The molecule has 0 spiro atoms. The Labute approximate surface area is 138 Å². The summed E-state index contributed by atoms with van der Waals surface area (Å²) in [6, 6.07) is 15.2. The summed E-state index contributed by atoms with van der Waals surface area (Å²) in [6.07, 6.45) is 6.17. The van der Waals surface area contributed by atoms with Gasteiger partial charge in [0.25, 0.3) is 0 Å². The second-order valence-corrected chi connectivity index (χ2v) is 6.39. The van der Waals surface area contributed by atoms with Gasteiger partial charge in [0, 0.05) is 12.7 Å². The molecule has 0 saturated heterocycles. The van der Waals surface area contributed by atoms with Gasteiger partial charge >= 0.3 is 0 Å². The minimum atomic E-state index is 0.886. The van der Waals surface area contributed by atoms with Gasteiger partial charge in [-0.15, -0.1) is 0 Å². The van der Waals surface area contributed by atoms with Crippen LogP contribution in [0, 0.1) is 20.8 Å². The minimum Gasteiger partial charge on any atom is -0.333 e. The van der Waals surface area contributed by atoms with E-state index < -0.39 is 0 Å². The Kier molecular flexibility index (Phi) is 4.61. The normalized spacial score (nSPS) is 10.9. The highest BCUT2D eigenvalue weighted by Gasteiger charge is 2.05. The number of hydrogen-bond donors (Lipinski definition) is 0. The minimum absolute atomic E-state index is 0.886. The summed E-state index contributed by atoms with van der Waals surface area (Å²) in [5, 5.41) is 0. The highest BCUT2D eigenvalue weighted by atomic mass is 15.0. The maximum Gasteiger partial charge on any atom is 0.0952 e. The van der Waals surface area contributed by atoms with Gasteiger partial charge in [0.1, 0.15) is 0 Å². The molecule has 0 radical (unpaired) electrons. The Balaban J connectivity index is 1.64. The molecule has 0 unspecified atom stereocenters.